The van der Waals surface area contributed by atoms with Crippen molar-refractivity contribution in [1.29, 1.82) is 0 Å². The van der Waals surface area contributed by atoms with Gasteiger partial charge in [-0.25, -0.2) is 0 Å². The monoisotopic (exact) mass is 252 g/mol. The van der Waals surface area contributed by atoms with Gasteiger partial charge in [0, 0.05) is 12.2 Å². The minimum absolute atomic E-state index is 0.658. The summed E-state index contributed by atoms with van der Waals surface area (Å²) in [6, 6.07) is 0. The topological polar surface area (TPSA) is 37.9 Å². The third-order valence-corrected chi connectivity index (χ3v) is 2.06. The van der Waals surface area contributed by atoms with Crippen LogP contribution in [0.1, 0.15) is 12.5 Å². The van der Waals surface area contributed by atoms with Crippen LogP contribution in [0.2, 0.25) is 0 Å². The Labute approximate surface area is 73.3 Å². The number of halogens is 1. The molecule has 10 heavy (non-hydrogen) atoms. The predicted octanol–water partition coefficient (Wildman–Crippen LogP) is 1.55. The Morgan fingerprint density at radius 3 is 3.10 bits per heavy atom. The minimum atomic E-state index is 0.658. The van der Waals surface area contributed by atoms with Crippen molar-refractivity contribution in [2.75, 3.05) is 6.61 Å². The lowest BCUT2D eigenvalue weighted by Gasteiger charge is -1.96. The van der Waals surface area contributed by atoms with E-state index in [1.807, 2.05) is 6.92 Å². The Morgan fingerprint density at radius 1 is 1.80 bits per heavy atom. The standard InChI is InChI=1S/C6H9IN2O/c1-2-10-4-5-3-8-9-6(5)7/h3H,2,4H2,1H3,(H,8,9). The Hall–Kier alpha value is -0.100. The zero-order chi connectivity index (χ0) is 7.40. The molecule has 0 unspecified atom stereocenters. The molecule has 0 aliphatic heterocycles. The molecule has 0 bridgehead atoms. The van der Waals surface area contributed by atoms with Gasteiger partial charge in [-0.05, 0) is 29.5 Å². The smallest absolute Gasteiger partial charge is 0.101 e. The Morgan fingerprint density at radius 2 is 2.60 bits per heavy atom. The fourth-order valence-corrected chi connectivity index (χ4v) is 1.04. The highest BCUT2D eigenvalue weighted by Crippen LogP contribution is 2.07. The Kier molecular flexibility index (Phi) is 3.14. The number of hydrogen-bond donors (Lipinski definition) is 1. The average Bonchev–Trinajstić information content (AvgIpc) is 2.31. The summed E-state index contributed by atoms with van der Waals surface area (Å²) in [5.74, 6) is 0. The number of aromatic nitrogens is 2. The van der Waals surface area contributed by atoms with Gasteiger partial charge in [-0.3, -0.25) is 5.10 Å². The number of rotatable bonds is 3. The summed E-state index contributed by atoms with van der Waals surface area (Å²) in [5, 5.41) is 6.70. The van der Waals surface area contributed by atoms with Crippen LogP contribution < -0.4 is 0 Å². The van der Waals surface area contributed by atoms with Gasteiger partial charge in [-0.15, -0.1) is 0 Å². The summed E-state index contributed by atoms with van der Waals surface area (Å²) >= 11 is 2.20. The first kappa shape index (κ1) is 8.00. The van der Waals surface area contributed by atoms with E-state index in [0.717, 1.165) is 15.9 Å². The lowest BCUT2D eigenvalue weighted by atomic mass is 10.4. The second-order valence-corrected chi connectivity index (χ2v) is 2.93. The number of nitrogens with one attached hydrogen (secondary N) is 1. The summed E-state index contributed by atoms with van der Waals surface area (Å²) in [6.07, 6.45) is 1.79. The molecule has 0 aromatic carbocycles. The number of nitrogens with zero attached hydrogens (tertiary/aromatic N) is 1. The molecule has 1 N–H and O–H groups in total. The van der Waals surface area contributed by atoms with E-state index < -0.39 is 0 Å². The third-order valence-electron chi connectivity index (χ3n) is 1.13. The van der Waals surface area contributed by atoms with Gasteiger partial charge in [0.2, 0.25) is 0 Å². The predicted molar refractivity (Wildman–Crippen MR) is 46.6 cm³/mol. The summed E-state index contributed by atoms with van der Waals surface area (Å²) < 4.78 is 6.26. The molecule has 1 heterocycles. The normalized spacial score (nSPS) is 10.2. The van der Waals surface area contributed by atoms with E-state index in [4.69, 9.17) is 4.74 Å². The summed E-state index contributed by atoms with van der Waals surface area (Å²) in [4.78, 5) is 0. The number of hydrogen-bond acceptors (Lipinski definition) is 2. The van der Waals surface area contributed by atoms with Crippen molar-refractivity contribution in [3.63, 3.8) is 0 Å². The van der Waals surface area contributed by atoms with Crippen LogP contribution in [0.4, 0.5) is 0 Å². The molecular formula is C6H9IN2O. The second kappa shape index (κ2) is 3.92. The van der Waals surface area contributed by atoms with Gasteiger partial charge >= 0.3 is 0 Å². The van der Waals surface area contributed by atoms with E-state index in [-0.39, 0.29) is 0 Å². The van der Waals surface area contributed by atoms with Gasteiger partial charge in [-0.1, -0.05) is 0 Å². The maximum Gasteiger partial charge on any atom is 0.101 e. The summed E-state index contributed by atoms with van der Waals surface area (Å²) in [6.45, 7) is 3.39. The number of aromatic amines is 1. The first-order valence-electron chi connectivity index (χ1n) is 3.10. The average molecular weight is 252 g/mol. The van der Waals surface area contributed by atoms with Crippen molar-refractivity contribution < 1.29 is 4.74 Å². The molecule has 0 radical (unpaired) electrons. The van der Waals surface area contributed by atoms with E-state index in [9.17, 15) is 0 Å². The Balaban J connectivity index is 2.49. The van der Waals surface area contributed by atoms with Gasteiger partial charge in [0.1, 0.15) is 3.70 Å². The minimum Gasteiger partial charge on any atom is -0.377 e. The highest BCUT2D eigenvalue weighted by atomic mass is 127. The molecule has 0 saturated carbocycles. The van der Waals surface area contributed by atoms with Crippen LogP contribution in [0.25, 0.3) is 0 Å². The molecule has 0 aliphatic rings. The van der Waals surface area contributed by atoms with Gasteiger partial charge in [0.05, 0.1) is 12.8 Å². The van der Waals surface area contributed by atoms with Crippen LogP contribution >= 0.6 is 22.6 Å². The van der Waals surface area contributed by atoms with Crippen LogP contribution in [0.15, 0.2) is 6.20 Å². The van der Waals surface area contributed by atoms with Crippen molar-refractivity contribution >= 4 is 22.6 Å². The third kappa shape index (κ3) is 1.95. The van der Waals surface area contributed by atoms with Crippen LogP contribution in [0, 0.1) is 3.70 Å². The van der Waals surface area contributed by atoms with E-state index in [1.165, 1.54) is 0 Å². The van der Waals surface area contributed by atoms with Crippen LogP contribution in [-0.2, 0) is 11.3 Å². The van der Waals surface area contributed by atoms with Crippen LogP contribution in [0.3, 0.4) is 0 Å². The molecular weight excluding hydrogens is 243 g/mol. The molecule has 0 aliphatic carbocycles. The van der Waals surface area contributed by atoms with Crippen LogP contribution in [-0.4, -0.2) is 16.8 Å². The van der Waals surface area contributed by atoms with E-state index in [0.29, 0.717) is 6.61 Å². The molecule has 3 nitrogen and oxygen atoms in total. The van der Waals surface area contributed by atoms with E-state index >= 15 is 0 Å². The maximum atomic E-state index is 5.19. The summed E-state index contributed by atoms with van der Waals surface area (Å²) in [7, 11) is 0. The van der Waals surface area contributed by atoms with Gasteiger partial charge in [0.25, 0.3) is 0 Å². The van der Waals surface area contributed by atoms with Gasteiger partial charge < -0.3 is 4.74 Å². The highest BCUT2D eigenvalue weighted by molar-refractivity contribution is 14.1. The first-order chi connectivity index (χ1) is 4.84. The molecule has 0 spiro atoms. The first-order valence-corrected chi connectivity index (χ1v) is 4.18. The van der Waals surface area contributed by atoms with Crippen molar-refractivity contribution in [2.45, 2.75) is 13.5 Å². The zero-order valence-electron chi connectivity index (χ0n) is 5.72. The fourth-order valence-electron chi connectivity index (χ4n) is 0.608. The quantitative estimate of drug-likeness (QED) is 0.829. The molecule has 0 saturated heterocycles. The van der Waals surface area contributed by atoms with Crippen molar-refractivity contribution in [3.8, 4) is 0 Å². The Bertz CT molecular complexity index is 199. The molecule has 1 rings (SSSR count). The summed E-state index contributed by atoms with van der Waals surface area (Å²) in [5.41, 5.74) is 1.13. The van der Waals surface area contributed by atoms with Crippen molar-refractivity contribution in [1.82, 2.24) is 10.2 Å². The van der Waals surface area contributed by atoms with Crippen LogP contribution in [0.5, 0.6) is 0 Å². The molecule has 0 atom stereocenters. The lowest BCUT2D eigenvalue weighted by molar-refractivity contribution is 0.133. The highest BCUT2D eigenvalue weighted by Gasteiger charge is 1.99. The molecule has 4 heteroatoms. The number of H-pyrrole nitrogens is 1. The molecule has 1 aromatic rings. The van der Waals surface area contributed by atoms with E-state index in [1.54, 1.807) is 6.20 Å². The molecule has 1 aromatic heterocycles. The van der Waals surface area contributed by atoms with Gasteiger partial charge in [-0.2, -0.15) is 5.10 Å². The molecule has 0 amide bonds. The second-order valence-electron chi connectivity index (χ2n) is 1.85. The zero-order valence-corrected chi connectivity index (χ0v) is 7.88. The van der Waals surface area contributed by atoms with E-state index in [2.05, 4.69) is 32.8 Å². The van der Waals surface area contributed by atoms with Crippen molar-refractivity contribution in [3.05, 3.63) is 15.5 Å². The largest absolute Gasteiger partial charge is 0.377 e. The molecule has 0 fully saturated rings. The van der Waals surface area contributed by atoms with Crippen molar-refractivity contribution in [2.24, 2.45) is 0 Å². The molecule has 56 valence electrons. The lowest BCUT2D eigenvalue weighted by Crippen LogP contribution is -1.91. The maximum absolute atomic E-state index is 5.19. The number of ether oxygens (including phenoxy) is 1. The van der Waals surface area contributed by atoms with Gasteiger partial charge in [0.15, 0.2) is 0 Å². The fraction of sp³-hybridized carbons (Fsp3) is 0.500. The SMILES string of the molecule is CCOCc1cn[nH]c1I.